The average molecular weight is 378 g/mol. The standard InChI is InChI=1S/C17H20ClN5O3/c1-10-16(21-22-23(10)11-2-4-19-5-3-11)17(24)20-13-9-15-14(8-12(13)18)25-6-7-26-15/h8-9,11,19H,2-7H2,1H3,(H,20,24). The summed E-state index contributed by atoms with van der Waals surface area (Å²) < 4.78 is 12.9. The first kappa shape index (κ1) is 17.1. The predicted molar refractivity (Wildman–Crippen MR) is 96.3 cm³/mol. The maximum atomic E-state index is 12.7. The lowest BCUT2D eigenvalue weighted by Crippen LogP contribution is -2.30. The first-order chi connectivity index (χ1) is 12.6. The van der Waals surface area contributed by atoms with Crippen molar-refractivity contribution in [3.63, 3.8) is 0 Å². The van der Waals surface area contributed by atoms with Crippen LogP contribution >= 0.6 is 11.6 Å². The van der Waals surface area contributed by atoms with Gasteiger partial charge in [0.1, 0.15) is 13.2 Å². The molecule has 0 unspecified atom stereocenters. The molecule has 0 radical (unpaired) electrons. The Bertz CT molecular complexity index is 832. The van der Waals surface area contributed by atoms with Crippen LogP contribution in [-0.4, -0.2) is 47.2 Å². The zero-order valence-corrected chi connectivity index (χ0v) is 15.2. The van der Waals surface area contributed by atoms with Crippen molar-refractivity contribution >= 4 is 23.2 Å². The third-order valence-electron chi connectivity index (χ3n) is 4.68. The van der Waals surface area contributed by atoms with Gasteiger partial charge in [0.2, 0.25) is 0 Å². The number of benzene rings is 1. The molecule has 2 aliphatic heterocycles. The van der Waals surface area contributed by atoms with Gasteiger partial charge in [0.05, 0.1) is 22.4 Å². The topological polar surface area (TPSA) is 90.3 Å². The van der Waals surface area contributed by atoms with Gasteiger partial charge in [-0.05, 0) is 32.9 Å². The number of nitrogens with zero attached hydrogens (tertiary/aromatic N) is 3. The molecule has 0 atom stereocenters. The molecule has 1 saturated heterocycles. The second kappa shape index (κ2) is 7.13. The molecule has 0 bridgehead atoms. The first-order valence-corrected chi connectivity index (χ1v) is 9.04. The van der Waals surface area contributed by atoms with Gasteiger partial charge in [-0.15, -0.1) is 5.10 Å². The number of amides is 1. The Morgan fingerprint density at radius 3 is 2.69 bits per heavy atom. The second-order valence-corrected chi connectivity index (χ2v) is 6.79. The summed E-state index contributed by atoms with van der Waals surface area (Å²) in [6.07, 6.45) is 1.94. The highest BCUT2D eigenvalue weighted by Crippen LogP contribution is 2.38. The zero-order chi connectivity index (χ0) is 18.1. The molecule has 1 amide bonds. The van der Waals surface area contributed by atoms with Crippen LogP contribution in [-0.2, 0) is 0 Å². The molecule has 4 rings (SSSR count). The summed E-state index contributed by atoms with van der Waals surface area (Å²) in [4.78, 5) is 12.7. The number of hydrogen-bond acceptors (Lipinski definition) is 6. The van der Waals surface area contributed by atoms with Crippen molar-refractivity contribution in [3.05, 3.63) is 28.5 Å². The highest BCUT2D eigenvalue weighted by atomic mass is 35.5. The number of carbonyl (C=O) groups excluding carboxylic acids is 1. The SMILES string of the molecule is Cc1c(C(=O)Nc2cc3c(cc2Cl)OCCO3)nnn1C1CCNCC1. The molecular formula is C17H20ClN5O3. The van der Waals surface area contributed by atoms with E-state index in [4.69, 9.17) is 21.1 Å². The number of hydrogen-bond donors (Lipinski definition) is 2. The van der Waals surface area contributed by atoms with Gasteiger partial charge in [-0.3, -0.25) is 4.79 Å². The summed E-state index contributed by atoms with van der Waals surface area (Å²) in [5.41, 5.74) is 1.51. The van der Waals surface area contributed by atoms with E-state index in [2.05, 4.69) is 20.9 Å². The molecule has 2 N–H and O–H groups in total. The molecule has 3 heterocycles. The second-order valence-electron chi connectivity index (χ2n) is 6.38. The minimum absolute atomic E-state index is 0.267. The van der Waals surface area contributed by atoms with Crippen molar-refractivity contribution in [2.45, 2.75) is 25.8 Å². The van der Waals surface area contributed by atoms with Crippen LogP contribution in [0.15, 0.2) is 12.1 Å². The summed E-state index contributed by atoms with van der Waals surface area (Å²) in [5, 5.41) is 14.8. The number of anilines is 1. The normalized spacial score (nSPS) is 17.2. The van der Waals surface area contributed by atoms with Crippen molar-refractivity contribution in [3.8, 4) is 11.5 Å². The quantitative estimate of drug-likeness (QED) is 0.852. The van der Waals surface area contributed by atoms with Gasteiger partial charge in [0, 0.05) is 12.1 Å². The molecule has 8 nitrogen and oxygen atoms in total. The molecule has 0 spiro atoms. The molecule has 1 aromatic carbocycles. The van der Waals surface area contributed by atoms with Crippen LogP contribution in [0.4, 0.5) is 5.69 Å². The minimum Gasteiger partial charge on any atom is -0.486 e. The van der Waals surface area contributed by atoms with Crippen LogP contribution in [0.1, 0.15) is 35.1 Å². The van der Waals surface area contributed by atoms with Crippen LogP contribution in [0.25, 0.3) is 0 Å². The summed E-state index contributed by atoms with van der Waals surface area (Å²) in [7, 11) is 0. The van der Waals surface area contributed by atoms with Gasteiger partial charge in [0.15, 0.2) is 17.2 Å². The van der Waals surface area contributed by atoms with Gasteiger partial charge >= 0.3 is 0 Å². The van der Waals surface area contributed by atoms with Crippen molar-refractivity contribution in [1.29, 1.82) is 0 Å². The fourth-order valence-electron chi connectivity index (χ4n) is 3.29. The summed E-state index contributed by atoms with van der Waals surface area (Å²) >= 11 is 6.26. The Hall–Kier alpha value is -2.32. The van der Waals surface area contributed by atoms with E-state index in [1.165, 1.54) is 0 Å². The minimum atomic E-state index is -0.346. The Morgan fingerprint density at radius 2 is 1.96 bits per heavy atom. The van der Waals surface area contributed by atoms with Gasteiger partial charge in [0.25, 0.3) is 5.91 Å². The van der Waals surface area contributed by atoms with E-state index in [0.29, 0.717) is 41.1 Å². The van der Waals surface area contributed by atoms with E-state index in [0.717, 1.165) is 31.6 Å². The Morgan fingerprint density at radius 1 is 1.27 bits per heavy atom. The maximum Gasteiger partial charge on any atom is 0.278 e. The number of carbonyl (C=O) groups is 1. The van der Waals surface area contributed by atoms with E-state index >= 15 is 0 Å². The first-order valence-electron chi connectivity index (χ1n) is 8.66. The van der Waals surface area contributed by atoms with E-state index in [-0.39, 0.29) is 11.9 Å². The van der Waals surface area contributed by atoms with Crippen LogP contribution in [0.2, 0.25) is 5.02 Å². The van der Waals surface area contributed by atoms with E-state index in [9.17, 15) is 4.79 Å². The van der Waals surface area contributed by atoms with E-state index in [1.54, 1.807) is 12.1 Å². The predicted octanol–water partition coefficient (Wildman–Crippen LogP) is 2.19. The van der Waals surface area contributed by atoms with E-state index < -0.39 is 0 Å². The molecule has 26 heavy (non-hydrogen) atoms. The van der Waals surface area contributed by atoms with Crippen LogP contribution in [0, 0.1) is 6.92 Å². The lowest BCUT2D eigenvalue weighted by atomic mass is 10.1. The Balaban J connectivity index is 1.54. The van der Waals surface area contributed by atoms with Crippen LogP contribution < -0.4 is 20.1 Å². The monoisotopic (exact) mass is 377 g/mol. The number of halogens is 1. The van der Waals surface area contributed by atoms with Crippen molar-refractivity contribution in [2.75, 3.05) is 31.6 Å². The fraction of sp³-hybridized carbons (Fsp3) is 0.471. The number of fused-ring (bicyclic) bond motifs is 1. The lowest BCUT2D eigenvalue weighted by molar-refractivity contribution is 0.102. The highest BCUT2D eigenvalue weighted by molar-refractivity contribution is 6.34. The van der Waals surface area contributed by atoms with Crippen LogP contribution in [0.5, 0.6) is 11.5 Å². The van der Waals surface area contributed by atoms with Gasteiger partial charge in [-0.25, -0.2) is 4.68 Å². The van der Waals surface area contributed by atoms with Crippen molar-refractivity contribution in [2.24, 2.45) is 0 Å². The molecule has 0 aliphatic carbocycles. The van der Waals surface area contributed by atoms with Gasteiger partial charge in [-0.1, -0.05) is 16.8 Å². The van der Waals surface area contributed by atoms with E-state index in [1.807, 2.05) is 11.6 Å². The Labute approximate surface area is 155 Å². The summed E-state index contributed by atoms with van der Waals surface area (Å²) in [5.74, 6) is 0.791. The van der Waals surface area contributed by atoms with Crippen LogP contribution in [0.3, 0.4) is 0 Å². The van der Waals surface area contributed by atoms with Gasteiger partial charge in [-0.2, -0.15) is 0 Å². The third kappa shape index (κ3) is 3.22. The lowest BCUT2D eigenvalue weighted by Gasteiger charge is -2.23. The number of nitrogens with one attached hydrogen (secondary N) is 2. The number of piperidine rings is 1. The molecule has 2 aromatic rings. The largest absolute Gasteiger partial charge is 0.486 e. The van der Waals surface area contributed by atoms with Gasteiger partial charge < -0.3 is 20.1 Å². The molecular weight excluding hydrogens is 358 g/mol. The molecule has 0 saturated carbocycles. The zero-order valence-electron chi connectivity index (χ0n) is 14.4. The Kier molecular flexibility index (Phi) is 4.69. The number of aromatic nitrogens is 3. The fourth-order valence-corrected chi connectivity index (χ4v) is 3.49. The maximum absolute atomic E-state index is 12.7. The average Bonchev–Trinajstić information content (AvgIpc) is 3.04. The molecule has 138 valence electrons. The smallest absolute Gasteiger partial charge is 0.278 e. The molecule has 9 heteroatoms. The van der Waals surface area contributed by atoms with Crippen molar-refractivity contribution < 1.29 is 14.3 Å². The highest BCUT2D eigenvalue weighted by Gasteiger charge is 2.24. The molecule has 1 fully saturated rings. The molecule has 2 aliphatic rings. The van der Waals surface area contributed by atoms with Crippen molar-refractivity contribution in [1.82, 2.24) is 20.3 Å². The number of ether oxygens (including phenoxy) is 2. The third-order valence-corrected chi connectivity index (χ3v) is 4.99. The molecule has 1 aromatic heterocycles. The summed E-state index contributed by atoms with van der Waals surface area (Å²) in [6.45, 7) is 4.69. The number of rotatable bonds is 3. The summed E-state index contributed by atoms with van der Waals surface area (Å²) in [6, 6.07) is 3.58.